The number of hydrogen-bond donors (Lipinski definition) is 1. The minimum absolute atomic E-state index is 0.186. The third kappa shape index (κ3) is 3.24. The summed E-state index contributed by atoms with van der Waals surface area (Å²) in [6, 6.07) is 8.30. The summed E-state index contributed by atoms with van der Waals surface area (Å²) < 4.78 is 0. The molecule has 0 radical (unpaired) electrons. The number of benzene rings is 1. The van der Waals surface area contributed by atoms with Crippen LogP contribution >= 0.6 is 11.8 Å². The second-order valence-electron chi connectivity index (χ2n) is 3.82. The van der Waals surface area contributed by atoms with Crippen molar-refractivity contribution in [2.75, 3.05) is 5.75 Å². The molecular weight excluding hydrogens is 230 g/mol. The van der Waals surface area contributed by atoms with E-state index in [0.29, 0.717) is 0 Å². The lowest BCUT2D eigenvalue weighted by Crippen LogP contribution is -1.83. The highest BCUT2D eigenvalue weighted by atomic mass is 32.2. The summed E-state index contributed by atoms with van der Waals surface area (Å²) in [5, 5.41) is 1.43. The van der Waals surface area contributed by atoms with Gasteiger partial charge in [0.1, 0.15) is 0 Å². The standard InChI is InChI=1S/C14H15NOS/c1-11(16)17-10-3-2-5-12-6-4-7-14-13(12)8-9-15-14/h2,4-9,15H,3,10H2,1H3. The molecule has 0 spiro atoms. The van der Waals surface area contributed by atoms with E-state index in [4.69, 9.17) is 0 Å². The summed E-state index contributed by atoms with van der Waals surface area (Å²) in [6.45, 7) is 1.61. The maximum Gasteiger partial charge on any atom is 0.185 e. The Labute approximate surface area is 105 Å². The van der Waals surface area contributed by atoms with Crippen LogP contribution in [0.3, 0.4) is 0 Å². The van der Waals surface area contributed by atoms with Crippen molar-refractivity contribution in [1.82, 2.24) is 4.98 Å². The zero-order valence-corrected chi connectivity index (χ0v) is 10.6. The van der Waals surface area contributed by atoms with E-state index >= 15 is 0 Å². The lowest BCUT2D eigenvalue weighted by molar-refractivity contribution is -0.109. The fourth-order valence-electron chi connectivity index (χ4n) is 1.74. The minimum Gasteiger partial charge on any atom is -0.361 e. The summed E-state index contributed by atoms with van der Waals surface area (Å²) in [7, 11) is 0. The molecule has 2 rings (SSSR count). The topological polar surface area (TPSA) is 32.9 Å². The van der Waals surface area contributed by atoms with Gasteiger partial charge in [0.15, 0.2) is 5.12 Å². The van der Waals surface area contributed by atoms with Crippen LogP contribution in [0.1, 0.15) is 18.9 Å². The first-order valence-electron chi connectivity index (χ1n) is 5.63. The number of aromatic nitrogens is 1. The Morgan fingerprint density at radius 2 is 2.29 bits per heavy atom. The maximum atomic E-state index is 10.8. The van der Waals surface area contributed by atoms with E-state index in [1.165, 1.54) is 22.7 Å². The number of aromatic amines is 1. The molecular formula is C14H15NOS. The average Bonchev–Trinajstić information content (AvgIpc) is 2.77. The number of allylic oxidation sites excluding steroid dienone is 1. The highest BCUT2D eigenvalue weighted by Crippen LogP contribution is 2.18. The SMILES string of the molecule is CC(=O)SCCC=Cc1cccc2[nH]ccc12. The van der Waals surface area contributed by atoms with E-state index in [1.54, 1.807) is 6.92 Å². The molecule has 17 heavy (non-hydrogen) atoms. The fraction of sp³-hybridized carbons (Fsp3) is 0.214. The molecule has 0 bridgehead atoms. The largest absolute Gasteiger partial charge is 0.361 e. The van der Waals surface area contributed by atoms with Gasteiger partial charge in [-0.15, -0.1) is 0 Å². The number of thioether (sulfide) groups is 1. The normalized spacial score (nSPS) is 11.4. The van der Waals surface area contributed by atoms with Crippen LogP contribution in [0.2, 0.25) is 0 Å². The molecule has 0 atom stereocenters. The number of carbonyl (C=O) groups excluding carboxylic acids is 1. The number of hydrogen-bond acceptors (Lipinski definition) is 2. The first-order valence-corrected chi connectivity index (χ1v) is 6.62. The zero-order chi connectivity index (χ0) is 12.1. The van der Waals surface area contributed by atoms with Gasteiger partial charge in [-0.3, -0.25) is 4.79 Å². The molecule has 0 fully saturated rings. The summed E-state index contributed by atoms with van der Waals surface area (Å²) in [4.78, 5) is 13.9. The monoisotopic (exact) mass is 245 g/mol. The van der Waals surface area contributed by atoms with Crippen LogP contribution in [0.25, 0.3) is 17.0 Å². The summed E-state index contributed by atoms with van der Waals surface area (Å²) in [5.74, 6) is 0.856. The molecule has 88 valence electrons. The van der Waals surface area contributed by atoms with Crippen molar-refractivity contribution in [1.29, 1.82) is 0 Å². The smallest absolute Gasteiger partial charge is 0.185 e. The van der Waals surface area contributed by atoms with Gasteiger partial charge in [-0.05, 0) is 24.1 Å². The van der Waals surface area contributed by atoms with Gasteiger partial charge < -0.3 is 4.98 Å². The zero-order valence-electron chi connectivity index (χ0n) is 9.77. The Morgan fingerprint density at radius 1 is 1.41 bits per heavy atom. The van der Waals surface area contributed by atoms with Crippen molar-refractivity contribution in [3.8, 4) is 0 Å². The Hall–Kier alpha value is -1.48. The van der Waals surface area contributed by atoms with Crippen LogP contribution in [0.5, 0.6) is 0 Å². The first kappa shape index (κ1) is 12.0. The fourth-order valence-corrected chi connectivity index (χ4v) is 2.28. The van der Waals surface area contributed by atoms with Gasteiger partial charge in [0, 0.05) is 29.8 Å². The van der Waals surface area contributed by atoms with Crippen LogP contribution in [-0.4, -0.2) is 15.9 Å². The van der Waals surface area contributed by atoms with Gasteiger partial charge in [0.2, 0.25) is 0 Å². The molecule has 2 aromatic rings. The van der Waals surface area contributed by atoms with Crippen molar-refractivity contribution in [3.05, 3.63) is 42.1 Å². The van der Waals surface area contributed by atoms with E-state index in [0.717, 1.165) is 17.7 Å². The minimum atomic E-state index is 0.186. The third-order valence-electron chi connectivity index (χ3n) is 2.52. The maximum absolute atomic E-state index is 10.8. The lowest BCUT2D eigenvalue weighted by Gasteiger charge is -1.96. The number of H-pyrrole nitrogens is 1. The molecule has 1 heterocycles. The summed E-state index contributed by atoms with van der Waals surface area (Å²) in [6.07, 6.45) is 7.12. The predicted octanol–water partition coefficient (Wildman–Crippen LogP) is 3.85. The molecule has 2 nitrogen and oxygen atoms in total. The lowest BCUT2D eigenvalue weighted by atomic mass is 10.1. The van der Waals surface area contributed by atoms with Gasteiger partial charge >= 0.3 is 0 Å². The van der Waals surface area contributed by atoms with E-state index in [9.17, 15) is 4.79 Å². The number of fused-ring (bicyclic) bond motifs is 1. The molecule has 0 aliphatic carbocycles. The molecule has 1 aromatic heterocycles. The highest BCUT2D eigenvalue weighted by molar-refractivity contribution is 8.13. The Balaban J connectivity index is 2.00. The van der Waals surface area contributed by atoms with Gasteiger partial charge in [-0.1, -0.05) is 36.0 Å². The second kappa shape index (κ2) is 5.73. The quantitative estimate of drug-likeness (QED) is 0.830. The second-order valence-corrected chi connectivity index (χ2v) is 5.09. The molecule has 1 N–H and O–H groups in total. The third-order valence-corrected chi connectivity index (χ3v) is 3.36. The molecule has 1 aromatic carbocycles. The van der Waals surface area contributed by atoms with E-state index in [1.807, 2.05) is 12.3 Å². The number of carbonyl (C=O) groups is 1. The van der Waals surface area contributed by atoms with Crippen LogP contribution < -0.4 is 0 Å². The van der Waals surface area contributed by atoms with Crippen molar-refractivity contribution in [3.63, 3.8) is 0 Å². The van der Waals surface area contributed by atoms with E-state index in [-0.39, 0.29) is 5.12 Å². The van der Waals surface area contributed by atoms with Gasteiger partial charge in [0.05, 0.1) is 0 Å². The Morgan fingerprint density at radius 3 is 3.12 bits per heavy atom. The van der Waals surface area contributed by atoms with Gasteiger partial charge in [-0.2, -0.15) is 0 Å². The van der Waals surface area contributed by atoms with Crippen molar-refractivity contribution >= 4 is 33.9 Å². The average molecular weight is 245 g/mol. The molecule has 0 amide bonds. The van der Waals surface area contributed by atoms with Crippen molar-refractivity contribution < 1.29 is 4.79 Å². The van der Waals surface area contributed by atoms with Crippen LogP contribution in [0, 0.1) is 0 Å². The summed E-state index contributed by atoms with van der Waals surface area (Å²) in [5.41, 5.74) is 2.38. The van der Waals surface area contributed by atoms with E-state index < -0.39 is 0 Å². The van der Waals surface area contributed by atoms with Crippen molar-refractivity contribution in [2.24, 2.45) is 0 Å². The van der Waals surface area contributed by atoms with Gasteiger partial charge in [0.25, 0.3) is 0 Å². The molecule has 3 heteroatoms. The molecule has 0 unspecified atom stereocenters. The molecule has 0 saturated heterocycles. The number of nitrogens with one attached hydrogen (secondary N) is 1. The number of rotatable bonds is 4. The summed E-state index contributed by atoms with van der Waals surface area (Å²) >= 11 is 1.38. The Bertz CT molecular complexity index is 542. The molecule has 0 saturated carbocycles. The van der Waals surface area contributed by atoms with Crippen molar-refractivity contribution in [2.45, 2.75) is 13.3 Å². The first-order chi connectivity index (χ1) is 8.27. The molecule has 0 aliphatic heterocycles. The van der Waals surface area contributed by atoms with Gasteiger partial charge in [-0.25, -0.2) is 0 Å². The molecule has 0 aliphatic rings. The van der Waals surface area contributed by atoms with Crippen LogP contribution in [-0.2, 0) is 4.79 Å². The highest BCUT2D eigenvalue weighted by Gasteiger charge is 1.97. The van der Waals surface area contributed by atoms with Crippen LogP contribution in [0.4, 0.5) is 0 Å². The van der Waals surface area contributed by atoms with E-state index in [2.05, 4.69) is 35.3 Å². The Kier molecular flexibility index (Phi) is 4.04. The predicted molar refractivity (Wildman–Crippen MR) is 75.1 cm³/mol. The van der Waals surface area contributed by atoms with Crippen LogP contribution in [0.15, 0.2) is 36.5 Å².